The van der Waals surface area contributed by atoms with Crippen LogP contribution in [0.1, 0.15) is 12.0 Å². The molecule has 27 heavy (non-hydrogen) atoms. The molecule has 3 aromatic carbocycles. The van der Waals surface area contributed by atoms with Crippen LogP contribution >= 0.6 is 0 Å². The summed E-state index contributed by atoms with van der Waals surface area (Å²) in [4.78, 5) is 12.3. The minimum absolute atomic E-state index is 0.0629. The van der Waals surface area contributed by atoms with Crippen molar-refractivity contribution in [3.8, 4) is 5.75 Å². The molecular weight excluding hydrogens is 362 g/mol. The number of rotatable bonds is 7. The average Bonchev–Trinajstić information content (AvgIpc) is 2.67. The van der Waals surface area contributed by atoms with E-state index in [1.54, 1.807) is 43.5 Å². The van der Waals surface area contributed by atoms with Gasteiger partial charge < -0.3 is 10.1 Å². The Hall–Kier alpha value is -2.86. The number of carbonyl (C=O) groups is 1. The molecule has 0 unspecified atom stereocenters. The van der Waals surface area contributed by atoms with E-state index < -0.39 is 9.84 Å². The van der Waals surface area contributed by atoms with Crippen LogP contribution in [0, 0.1) is 0 Å². The molecule has 0 atom stereocenters. The number of nitrogens with one attached hydrogen (secondary N) is 1. The third-order valence-electron chi connectivity index (χ3n) is 4.25. The number of benzene rings is 3. The summed E-state index contributed by atoms with van der Waals surface area (Å²) in [6, 6.07) is 20.1. The number of hydrogen-bond acceptors (Lipinski definition) is 4. The summed E-state index contributed by atoms with van der Waals surface area (Å²) in [5.41, 5.74) is 1.36. The monoisotopic (exact) mass is 383 g/mol. The van der Waals surface area contributed by atoms with Gasteiger partial charge in [0.15, 0.2) is 9.84 Å². The molecule has 1 amide bonds. The molecule has 0 aliphatic heterocycles. The average molecular weight is 383 g/mol. The quantitative estimate of drug-likeness (QED) is 0.674. The topological polar surface area (TPSA) is 72.5 Å². The highest BCUT2D eigenvalue weighted by Crippen LogP contribution is 2.31. The van der Waals surface area contributed by atoms with Crippen molar-refractivity contribution in [2.45, 2.75) is 12.2 Å². The molecule has 1 N–H and O–H groups in total. The van der Waals surface area contributed by atoms with E-state index in [0.717, 1.165) is 16.3 Å². The van der Waals surface area contributed by atoms with Gasteiger partial charge in [0, 0.05) is 22.9 Å². The fourth-order valence-electron chi connectivity index (χ4n) is 2.92. The van der Waals surface area contributed by atoms with Gasteiger partial charge in [0.1, 0.15) is 5.75 Å². The highest BCUT2D eigenvalue weighted by Gasteiger charge is 2.15. The predicted octanol–water partition coefficient (Wildman–Crippen LogP) is 3.79. The lowest BCUT2D eigenvalue weighted by molar-refractivity contribution is -0.115. The maximum Gasteiger partial charge on any atom is 0.225 e. The maximum absolute atomic E-state index is 12.3. The summed E-state index contributed by atoms with van der Waals surface area (Å²) in [6.45, 7) is 0. The zero-order valence-electron chi connectivity index (χ0n) is 15.0. The number of hydrogen-bond donors (Lipinski definition) is 1. The molecule has 3 aromatic rings. The lowest BCUT2D eigenvalue weighted by Gasteiger charge is -2.12. The first-order chi connectivity index (χ1) is 13.0. The maximum atomic E-state index is 12.3. The first-order valence-corrected chi connectivity index (χ1v) is 10.4. The molecule has 0 fully saturated rings. The fraction of sp³-hybridized carbons (Fsp3) is 0.190. The molecule has 0 bridgehead atoms. The fourth-order valence-corrected chi connectivity index (χ4v) is 4.26. The number of methoxy groups -OCH3 is 1. The summed E-state index contributed by atoms with van der Waals surface area (Å²) >= 11 is 0. The van der Waals surface area contributed by atoms with Gasteiger partial charge >= 0.3 is 0 Å². The molecule has 0 radical (unpaired) electrons. The second-order valence-corrected chi connectivity index (χ2v) is 8.42. The predicted molar refractivity (Wildman–Crippen MR) is 108 cm³/mol. The zero-order chi connectivity index (χ0) is 19.3. The Balaban J connectivity index is 1.67. The van der Waals surface area contributed by atoms with Crippen LogP contribution in [-0.2, 0) is 20.4 Å². The Labute approximate surface area is 158 Å². The summed E-state index contributed by atoms with van der Waals surface area (Å²) in [6.07, 6.45) is -0.0878. The molecule has 0 saturated carbocycles. The molecular formula is C21H21NO4S. The third-order valence-corrected chi connectivity index (χ3v) is 5.85. The van der Waals surface area contributed by atoms with Crippen molar-refractivity contribution in [3.63, 3.8) is 0 Å². The van der Waals surface area contributed by atoms with Crippen LogP contribution in [0.3, 0.4) is 0 Å². The van der Waals surface area contributed by atoms with Gasteiger partial charge in [0.25, 0.3) is 0 Å². The van der Waals surface area contributed by atoms with Crippen LogP contribution in [0.15, 0.2) is 66.7 Å². The molecule has 0 spiro atoms. The number of carbonyl (C=O) groups excluding carboxylic acids is 1. The summed E-state index contributed by atoms with van der Waals surface area (Å²) in [5.74, 6) is 0.130. The summed E-state index contributed by atoms with van der Waals surface area (Å²) in [7, 11) is -1.76. The highest BCUT2D eigenvalue weighted by atomic mass is 32.2. The Morgan fingerprint density at radius 1 is 0.926 bits per heavy atom. The lowest BCUT2D eigenvalue weighted by atomic mass is 10.1. The van der Waals surface area contributed by atoms with E-state index in [0.29, 0.717) is 11.4 Å². The van der Waals surface area contributed by atoms with Crippen molar-refractivity contribution in [1.82, 2.24) is 0 Å². The van der Waals surface area contributed by atoms with Gasteiger partial charge in [-0.15, -0.1) is 0 Å². The van der Waals surface area contributed by atoms with Gasteiger partial charge in [0.2, 0.25) is 5.91 Å². The number of anilines is 1. The van der Waals surface area contributed by atoms with Gasteiger partial charge in [0.05, 0.1) is 18.6 Å². The van der Waals surface area contributed by atoms with Crippen molar-refractivity contribution in [2.24, 2.45) is 0 Å². The van der Waals surface area contributed by atoms with Crippen molar-refractivity contribution < 1.29 is 17.9 Å². The van der Waals surface area contributed by atoms with Gasteiger partial charge in [-0.25, -0.2) is 8.42 Å². The molecule has 0 aromatic heterocycles. The third kappa shape index (κ3) is 4.86. The molecule has 6 heteroatoms. The Kier molecular flexibility index (Phi) is 5.76. The van der Waals surface area contributed by atoms with E-state index in [4.69, 9.17) is 4.74 Å². The molecule has 140 valence electrons. The van der Waals surface area contributed by atoms with Crippen molar-refractivity contribution in [3.05, 3.63) is 72.3 Å². The normalized spacial score (nSPS) is 11.3. The van der Waals surface area contributed by atoms with Crippen LogP contribution in [0.5, 0.6) is 5.75 Å². The molecule has 5 nitrogen and oxygen atoms in total. The first kappa shape index (κ1) is 18.9. The second kappa shape index (κ2) is 8.22. The SMILES string of the molecule is COc1ccc(NC(=O)CCS(=O)(=O)Cc2ccccc2)c2ccccc12. The molecule has 0 heterocycles. The highest BCUT2D eigenvalue weighted by molar-refractivity contribution is 7.90. The minimum Gasteiger partial charge on any atom is -0.496 e. The summed E-state index contributed by atoms with van der Waals surface area (Å²) < 4.78 is 29.9. The number of fused-ring (bicyclic) bond motifs is 1. The van der Waals surface area contributed by atoms with Gasteiger partial charge in [-0.1, -0.05) is 54.6 Å². The van der Waals surface area contributed by atoms with Crippen LogP contribution in [-0.4, -0.2) is 27.2 Å². The molecule has 0 aliphatic carbocycles. The zero-order valence-corrected chi connectivity index (χ0v) is 15.8. The Morgan fingerprint density at radius 2 is 1.59 bits per heavy atom. The van der Waals surface area contributed by atoms with Crippen molar-refractivity contribution in [1.29, 1.82) is 0 Å². The largest absolute Gasteiger partial charge is 0.496 e. The number of ether oxygens (including phenoxy) is 1. The van der Waals surface area contributed by atoms with E-state index in [2.05, 4.69) is 5.32 Å². The Morgan fingerprint density at radius 3 is 2.30 bits per heavy atom. The van der Waals surface area contributed by atoms with E-state index in [1.807, 2.05) is 30.3 Å². The lowest BCUT2D eigenvalue weighted by Crippen LogP contribution is -2.18. The van der Waals surface area contributed by atoms with Gasteiger partial charge in [-0.3, -0.25) is 4.79 Å². The Bertz CT molecular complexity index is 1050. The van der Waals surface area contributed by atoms with Gasteiger partial charge in [-0.2, -0.15) is 0 Å². The van der Waals surface area contributed by atoms with Crippen LogP contribution in [0.2, 0.25) is 0 Å². The molecule has 0 saturated heterocycles. The molecule has 0 aliphatic rings. The number of amides is 1. The summed E-state index contributed by atoms with van der Waals surface area (Å²) in [5, 5.41) is 4.54. The van der Waals surface area contributed by atoms with Crippen LogP contribution < -0.4 is 10.1 Å². The van der Waals surface area contributed by atoms with Crippen LogP contribution in [0.4, 0.5) is 5.69 Å². The van der Waals surface area contributed by atoms with Crippen molar-refractivity contribution in [2.75, 3.05) is 18.2 Å². The smallest absolute Gasteiger partial charge is 0.225 e. The van der Waals surface area contributed by atoms with E-state index in [1.165, 1.54) is 0 Å². The second-order valence-electron chi connectivity index (χ2n) is 6.24. The first-order valence-electron chi connectivity index (χ1n) is 8.58. The van der Waals surface area contributed by atoms with Crippen molar-refractivity contribution >= 4 is 32.2 Å². The van der Waals surface area contributed by atoms with E-state index in [9.17, 15) is 13.2 Å². The standard InChI is InChI=1S/C21H21NO4S/c1-26-20-12-11-19(17-9-5-6-10-18(17)20)22-21(23)13-14-27(24,25)15-16-7-3-2-4-8-16/h2-12H,13-15H2,1H3,(H,22,23). The minimum atomic E-state index is -3.36. The van der Waals surface area contributed by atoms with Gasteiger partial charge in [-0.05, 0) is 17.7 Å². The van der Waals surface area contributed by atoms with E-state index in [-0.39, 0.29) is 23.8 Å². The number of sulfone groups is 1. The van der Waals surface area contributed by atoms with Crippen LogP contribution in [0.25, 0.3) is 10.8 Å². The van der Waals surface area contributed by atoms with E-state index >= 15 is 0 Å². The molecule has 3 rings (SSSR count).